The average molecular weight is 244 g/mol. The predicted octanol–water partition coefficient (Wildman–Crippen LogP) is 2.16. The molecule has 0 heterocycles. The number of nitrogens with zero attached hydrogens (tertiary/aromatic N) is 1. The first-order valence-corrected chi connectivity index (χ1v) is 6.82. The molecule has 0 atom stereocenters. The van der Waals surface area contributed by atoms with Crippen molar-refractivity contribution in [3.05, 3.63) is 0 Å². The number of nitrogens with one attached hydrogen (secondary N) is 1. The van der Waals surface area contributed by atoms with Crippen LogP contribution < -0.4 is 5.32 Å². The number of hydrogen-bond acceptors (Lipinski definition) is 2. The fourth-order valence-electron chi connectivity index (χ4n) is 1.69. The maximum absolute atomic E-state index is 5.41. The van der Waals surface area contributed by atoms with E-state index in [0.717, 1.165) is 44.3 Å². The smallest absolute Gasteiger partial charge is 0.169 e. The molecule has 0 aromatic carbocycles. The van der Waals surface area contributed by atoms with Gasteiger partial charge in [0.1, 0.15) is 0 Å². The second kappa shape index (κ2) is 7.85. The van der Waals surface area contributed by atoms with Crippen LogP contribution in [0.2, 0.25) is 0 Å². The number of ether oxygens (including phenoxy) is 1. The van der Waals surface area contributed by atoms with Crippen molar-refractivity contribution < 1.29 is 4.74 Å². The van der Waals surface area contributed by atoms with Crippen LogP contribution in [-0.2, 0) is 4.74 Å². The molecule has 0 bridgehead atoms. The van der Waals surface area contributed by atoms with Gasteiger partial charge in [-0.1, -0.05) is 6.92 Å². The Labute approximate surface area is 105 Å². The van der Waals surface area contributed by atoms with Gasteiger partial charge in [0.05, 0.1) is 0 Å². The van der Waals surface area contributed by atoms with Crippen molar-refractivity contribution in [2.75, 3.05) is 26.3 Å². The van der Waals surface area contributed by atoms with Crippen LogP contribution in [0.25, 0.3) is 0 Å². The van der Waals surface area contributed by atoms with Crippen molar-refractivity contribution in [1.82, 2.24) is 10.2 Å². The molecule has 4 heteroatoms. The van der Waals surface area contributed by atoms with E-state index in [2.05, 4.69) is 17.1 Å². The van der Waals surface area contributed by atoms with E-state index in [0.29, 0.717) is 6.04 Å². The molecular formula is C12H24N2OS. The zero-order valence-electron chi connectivity index (χ0n) is 10.5. The standard InChI is InChI=1S/C12H24N2OS/c1-3-9-14(11-6-7-11)12(16)13-8-5-10-15-4-2/h11H,3-10H2,1-2H3,(H,13,16). The van der Waals surface area contributed by atoms with Crippen LogP contribution in [0.3, 0.4) is 0 Å². The molecule has 0 saturated heterocycles. The summed E-state index contributed by atoms with van der Waals surface area (Å²) in [4.78, 5) is 2.34. The molecule has 0 aromatic rings. The monoisotopic (exact) mass is 244 g/mol. The normalized spacial score (nSPS) is 14.9. The number of hydrogen-bond donors (Lipinski definition) is 1. The molecule has 16 heavy (non-hydrogen) atoms. The van der Waals surface area contributed by atoms with Gasteiger partial charge < -0.3 is 15.0 Å². The summed E-state index contributed by atoms with van der Waals surface area (Å²) in [5.41, 5.74) is 0. The third kappa shape index (κ3) is 5.12. The van der Waals surface area contributed by atoms with Gasteiger partial charge in [0, 0.05) is 32.3 Å². The van der Waals surface area contributed by atoms with Crippen LogP contribution in [0.5, 0.6) is 0 Å². The van der Waals surface area contributed by atoms with Gasteiger partial charge in [-0.3, -0.25) is 0 Å². The quantitative estimate of drug-likeness (QED) is 0.522. The summed E-state index contributed by atoms with van der Waals surface area (Å²) in [7, 11) is 0. The molecule has 1 aliphatic rings. The van der Waals surface area contributed by atoms with Gasteiger partial charge in [-0.15, -0.1) is 0 Å². The lowest BCUT2D eigenvalue weighted by molar-refractivity contribution is 0.145. The summed E-state index contributed by atoms with van der Waals surface area (Å²) in [6.07, 6.45) is 4.80. The first-order valence-electron chi connectivity index (χ1n) is 6.41. The highest BCUT2D eigenvalue weighted by Crippen LogP contribution is 2.26. The van der Waals surface area contributed by atoms with E-state index in [9.17, 15) is 0 Å². The second-order valence-electron chi connectivity index (χ2n) is 4.21. The zero-order valence-corrected chi connectivity index (χ0v) is 11.3. The second-order valence-corrected chi connectivity index (χ2v) is 4.59. The molecule has 3 nitrogen and oxygen atoms in total. The molecule has 1 saturated carbocycles. The first kappa shape index (κ1) is 13.7. The van der Waals surface area contributed by atoms with E-state index >= 15 is 0 Å². The fraction of sp³-hybridized carbons (Fsp3) is 0.917. The van der Waals surface area contributed by atoms with E-state index < -0.39 is 0 Å². The van der Waals surface area contributed by atoms with Crippen LogP contribution in [0.4, 0.5) is 0 Å². The van der Waals surface area contributed by atoms with Gasteiger partial charge in [-0.2, -0.15) is 0 Å². The Morgan fingerprint density at radius 3 is 2.75 bits per heavy atom. The van der Waals surface area contributed by atoms with Gasteiger partial charge in [0.25, 0.3) is 0 Å². The van der Waals surface area contributed by atoms with Crippen molar-refractivity contribution >= 4 is 17.3 Å². The Bertz CT molecular complexity index is 207. The third-order valence-corrected chi connectivity index (χ3v) is 3.04. The Morgan fingerprint density at radius 1 is 1.44 bits per heavy atom. The Balaban J connectivity index is 2.11. The minimum Gasteiger partial charge on any atom is -0.382 e. The van der Waals surface area contributed by atoms with Crippen molar-refractivity contribution in [3.63, 3.8) is 0 Å². The minimum absolute atomic E-state index is 0.715. The lowest BCUT2D eigenvalue weighted by Gasteiger charge is -2.25. The molecule has 0 aromatic heterocycles. The first-order chi connectivity index (χ1) is 7.79. The molecular weight excluding hydrogens is 220 g/mol. The maximum Gasteiger partial charge on any atom is 0.169 e. The molecule has 0 spiro atoms. The summed E-state index contributed by atoms with van der Waals surface area (Å²) >= 11 is 5.41. The minimum atomic E-state index is 0.715. The molecule has 1 fully saturated rings. The summed E-state index contributed by atoms with van der Waals surface area (Å²) < 4.78 is 5.29. The summed E-state index contributed by atoms with van der Waals surface area (Å²) in [6, 6.07) is 0.715. The summed E-state index contributed by atoms with van der Waals surface area (Å²) in [5, 5.41) is 4.26. The number of rotatable bonds is 8. The van der Waals surface area contributed by atoms with Crippen LogP contribution in [0.15, 0.2) is 0 Å². The van der Waals surface area contributed by atoms with Gasteiger partial charge >= 0.3 is 0 Å². The van der Waals surface area contributed by atoms with Gasteiger partial charge in [0.15, 0.2) is 5.11 Å². The SMILES string of the molecule is CCCN(C(=S)NCCCOCC)C1CC1. The van der Waals surface area contributed by atoms with E-state index in [-0.39, 0.29) is 0 Å². The van der Waals surface area contributed by atoms with Crippen LogP contribution >= 0.6 is 12.2 Å². The average Bonchev–Trinajstić information content (AvgIpc) is 3.09. The molecule has 0 radical (unpaired) electrons. The fourth-order valence-corrected chi connectivity index (χ4v) is 2.03. The molecule has 1 aliphatic carbocycles. The van der Waals surface area contributed by atoms with Crippen molar-refractivity contribution in [2.24, 2.45) is 0 Å². The Kier molecular flexibility index (Phi) is 6.73. The predicted molar refractivity (Wildman–Crippen MR) is 71.7 cm³/mol. The molecule has 0 aliphatic heterocycles. The highest BCUT2D eigenvalue weighted by Gasteiger charge is 2.29. The summed E-state index contributed by atoms with van der Waals surface area (Å²) in [5.74, 6) is 0. The van der Waals surface area contributed by atoms with E-state index in [1.165, 1.54) is 12.8 Å². The van der Waals surface area contributed by atoms with Crippen molar-refractivity contribution in [1.29, 1.82) is 0 Å². The Hall–Kier alpha value is -0.350. The molecule has 0 amide bonds. The van der Waals surface area contributed by atoms with Gasteiger partial charge in [0.2, 0.25) is 0 Å². The topological polar surface area (TPSA) is 24.5 Å². The van der Waals surface area contributed by atoms with Gasteiger partial charge in [-0.25, -0.2) is 0 Å². The third-order valence-electron chi connectivity index (χ3n) is 2.66. The van der Waals surface area contributed by atoms with E-state index in [4.69, 9.17) is 17.0 Å². The van der Waals surface area contributed by atoms with Crippen molar-refractivity contribution in [3.8, 4) is 0 Å². The Morgan fingerprint density at radius 2 is 2.19 bits per heavy atom. The van der Waals surface area contributed by atoms with Crippen LogP contribution in [-0.4, -0.2) is 42.4 Å². The molecule has 0 unspecified atom stereocenters. The highest BCUT2D eigenvalue weighted by molar-refractivity contribution is 7.80. The van der Waals surface area contributed by atoms with Gasteiger partial charge in [-0.05, 0) is 44.8 Å². The highest BCUT2D eigenvalue weighted by atomic mass is 32.1. The van der Waals surface area contributed by atoms with Crippen LogP contribution in [0, 0.1) is 0 Å². The lowest BCUT2D eigenvalue weighted by atomic mass is 10.4. The lowest BCUT2D eigenvalue weighted by Crippen LogP contribution is -2.42. The van der Waals surface area contributed by atoms with Crippen LogP contribution in [0.1, 0.15) is 39.5 Å². The molecule has 1 N–H and O–H groups in total. The zero-order chi connectivity index (χ0) is 11.8. The number of thiocarbonyl (C=S) groups is 1. The maximum atomic E-state index is 5.41. The largest absolute Gasteiger partial charge is 0.382 e. The molecule has 94 valence electrons. The van der Waals surface area contributed by atoms with E-state index in [1.807, 2.05) is 6.92 Å². The van der Waals surface area contributed by atoms with Crippen molar-refractivity contribution in [2.45, 2.75) is 45.6 Å². The van der Waals surface area contributed by atoms with E-state index in [1.54, 1.807) is 0 Å². The molecule has 1 rings (SSSR count). The summed E-state index contributed by atoms with van der Waals surface area (Å²) in [6.45, 7) is 7.85.